The summed E-state index contributed by atoms with van der Waals surface area (Å²) in [7, 11) is 0. The second-order valence-electron chi connectivity index (χ2n) is 6.08. The molecule has 0 unspecified atom stereocenters. The van der Waals surface area contributed by atoms with Gasteiger partial charge in [0.1, 0.15) is 0 Å². The highest BCUT2D eigenvalue weighted by Gasteiger charge is 2.14. The fourth-order valence-corrected chi connectivity index (χ4v) is 2.88. The Labute approximate surface area is 127 Å². The molecule has 1 nitrogen and oxygen atoms in total. The van der Waals surface area contributed by atoms with Gasteiger partial charge in [-0.1, -0.05) is 42.5 Å². The normalized spacial score (nSPS) is 13.0. The first-order valence-corrected chi connectivity index (χ1v) is 7.44. The van der Waals surface area contributed by atoms with Gasteiger partial charge in [0.25, 0.3) is 0 Å². The molecule has 1 heteroatoms. The van der Waals surface area contributed by atoms with Crippen LogP contribution in [0.4, 0.5) is 5.69 Å². The molecule has 2 aromatic rings. The zero-order chi connectivity index (χ0) is 15.0. The number of nitrogens with zero attached hydrogens (tertiary/aromatic N) is 1. The Bertz CT molecular complexity index is 733. The first kappa shape index (κ1) is 13.8. The highest BCUT2D eigenvalue weighted by atomic mass is 14.8. The lowest BCUT2D eigenvalue weighted by Crippen LogP contribution is -1.95. The van der Waals surface area contributed by atoms with Crippen LogP contribution in [0.3, 0.4) is 0 Å². The summed E-state index contributed by atoms with van der Waals surface area (Å²) >= 11 is 0. The van der Waals surface area contributed by atoms with E-state index in [0.717, 1.165) is 24.1 Å². The third-order valence-electron chi connectivity index (χ3n) is 4.16. The molecule has 1 aliphatic rings. The Morgan fingerprint density at radius 1 is 1.10 bits per heavy atom. The zero-order valence-electron chi connectivity index (χ0n) is 13.0. The Balaban J connectivity index is 1.86. The maximum Gasteiger partial charge on any atom is 0.0667 e. The molecule has 0 aromatic heterocycles. The minimum atomic E-state index is 0.886. The van der Waals surface area contributed by atoms with Crippen molar-refractivity contribution in [3.05, 3.63) is 70.8 Å². The first-order valence-electron chi connectivity index (χ1n) is 7.44. The van der Waals surface area contributed by atoms with E-state index in [0.29, 0.717) is 0 Å². The van der Waals surface area contributed by atoms with E-state index in [2.05, 4.69) is 68.7 Å². The van der Waals surface area contributed by atoms with Crippen LogP contribution in [0.5, 0.6) is 0 Å². The van der Waals surface area contributed by atoms with Crippen molar-refractivity contribution in [2.75, 3.05) is 0 Å². The van der Waals surface area contributed by atoms with E-state index in [9.17, 15) is 0 Å². The summed E-state index contributed by atoms with van der Waals surface area (Å²) in [6, 6.07) is 13.1. The third-order valence-corrected chi connectivity index (χ3v) is 4.16. The second kappa shape index (κ2) is 5.33. The minimum absolute atomic E-state index is 0.886. The van der Waals surface area contributed by atoms with Crippen LogP contribution in [0, 0.1) is 13.8 Å². The average molecular weight is 275 g/mol. The predicted molar refractivity (Wildman–Crippen MR) is 91.6 cm³/mol. The number of hydrogen-bond acceptors (Lipinski definition) is 1. The van der Waals surface area contributed by atoms with Crippen LogP contribution in [0.25, 0.3) is 5.57 Å². The van der Waals surface area contributed by atoms with E-state index >= 15 is 0 Å². The molecule has 0 saturated carbocycles. The van der Waals surface area contributed by atoms with Crippen molar-refractivity contribution in [3.63, 3.8) is 0 Å². The lowest BCUT2D eigenvalue weighted by molar-refractivity contribution is 1.20. The van der Waals surface area contributed by atoms with Gasteiger partial charge in [-0.2, -0.15) is 0 Å². The van der Waals surface area contributed by atoms with Gasteiger partial charge >= 0.3 is 0 Å². The van der Waals surface area contributed by atoms with Crippen LogP contribution >= 0.6 is 0 Å². The van der Waals surface area contributed by atoms with Crippen molar-refractivity contribution in [2.24, 2.45) is 4.99 Å². The highest BCUT2D eigenvalue weighted by molar-refractivity contribution is 5.92. The number of rotatable bonds is 3. The monoisotopic (exact) mass is 275 g/mol. The number of fused-ring (bicyclic) bond motifs is 1. The van der Waals surface area contributed by atoms with E-state index in [1.54, 1.807) is 0 Å². The molecular weight excluding hydrogens is 254 g/mol. The van der Waals surface area contributed by atoms with Gasteiger partial charge in [0.2, 0.25) is 0 Å². The molecule has 0 radical (unpaired) electrons. The molecule has 0 bridgehead atoms. The molecule has 106 valence electrons. The van der Waals surface area contributed by atoms with E-state index in [1.165, 1.54) is 33.5 Å². The molecule has 0 N–H and O–H groups in total. The smallest absolute Gasteiger partial charge is 0.0667 e. The molecule has 0 fully saturated rings. The van der Waals surface area contributed by atoms with Gasteiger partial charge in [-0.3, -0.25) is 4.99 Å². The molecule has 1 aliphatic heterocycles. The average Bonchev–Trinajstić information content (AvgIpc) is 2.79. The topological polar surface area (TPSA) is 12.4 Å². The van der Waals surface area contributed by atoms with Crippen LogP contribution in [0.2, 0.25) is 0 Å². The Kier molecular flexibility index (Phi) is 3.50. The number of hydrogen-bond donors (Lipinski definition) is 0. The molecule has 1 heterocycles. The first-order chi connectivity index (χ1) is 10.0. The van der Waals surface area contributed by atoms with Gasteiger partial charge in [0.05, 0.1) is 5.69 Å². The SMILES string of the molecule is C=C(Cc1cc2c(cc1C)CC(C)=N2)c1ccc(C)cc1. The van der Waals surface area contributed by atoms with Crippen LogP contribution in [0.15, 0.2) is 48.0 Å². The molecule has 21 heavy (non-hydrogen) atoms. The van der Waals surface area contributed by atoms with Crippen LogP contribution in [-0.2, 0) is 12.8 Å². The largest absolute Gasteiger partial charge is 0.257 e. The fraction of sp³-hybridized carbons (Fsp3) is 0.250. The van der Waals surface area contributed by atoms with Gasteiger partial charge < -0.3 is 0 Å². The van der Waals surface area contributed by atoms with E-state index in [-0.39, 0.29) is 0 Å². The molecule has 0 amide bonds. The van der Waals surface area contributed by atoms with Crippen molar-refractivity contribution in [1.82, 2.24) is 0 Å². The predicted octanol–water partition coefficient (Wildman–Crippen LogP) is 5.21. The molecule has 0 spiro atoms. The summed E-state index contributed by atoms with van der Waals surface area (Å²) in [5.74, 6) is 0. The lowest BCUT2D eigenvalue weighted by Gasteiger charge is -2.11. The summed E-state index contributed by atoms with van der Waals surface area (Å²) in [6.45, 7) is 10.7. The molecule has 0 aliphatic carbocycles. The summed E-state index contributed by atoms with van der Waals surface area (Å²) in [5, 5.41) is 0. The van der Waals surface area contributed by atoms with Gasteiger partial charge in [0, 0.05) is 12.1 Å². The van der Waals surface area contributed by atoms with Crippen molar-refractivity contribution in [1.29, 1.82) is 0 Å². The number of aliphatic imine (C=N–C) groups is 1. The van der Waals surface area contributed by atoms with Gasteiger partial charge in [-0.15, -0.1) is 0 Å². The molecule has 0 saturated heterocycles. The lowest BCUT2D eigenvalue weighted by atomic mass is 9.94. The van der Waals surface area contributed by atoms with Crippen LogP contribution < -0.4 is 0 Å². The van der Waals surface area contributed by atoms with Gasteiger partial charge in [-0.05, 0) is 61.1 Å². The fourth-order valence-electron chi connectivity index (χ4n) is 2.88. The van der Waals surface area contributed by atoms with Crippen molar-refractivity contribution in [2.45, 2.75) is 33.6 Å². The Morgan fingerprint density at radius 2 is 1.81 bits per heavy atom. The summed E-state index contributed by atoms with van der Waals surface area (Å²) in [5.41, 5.74) is 10.0. The number of aryl methyl sites for hydroxylation is 2. The van der Waals surface area contributed by atoms with E-state index in [1.807, 2.05) is 0 Å². The molecule has 3 rings (SSSR count). The summed E-state index contributed by atoms with van der Waals surface area (Å²) < 4.78 is 0. The Hall–Kier alpha value is -2.15. The second-order valence-corrected chi connectivity index (χ2v) is 6.08. The molecule has 2 aromatic carbocycles. The maximum atomic E-state index is 4.63. The minimum Gasteiger partial charge on any atom is -0.257 e. The van der Waals surface area contributed by atoms with Crippen LogP contribution in [0.1, 0.15) is 34.7 Å². The van der Waals surface area contributed by atoms with Gasteiger partial charge in [0.15, 0.2) is 0 Å². The number of benzene rings is 2. The molecule has 0 atom stereocenters. The molecular formula is C20H21N. The van der Waals surface area contributed by atoms with Crippen molar-refractivity contribution < 1.29 is 0 Å². The quantitative estimate of drug-likeness (QED) is 0.729. The number of allylic oxidation sites excluding steroid dienone is 1. The summed E-state index contributed by atoms with van der Waals surface area (Å²) in [6.07, 6.45) is 1.88. The van der Waals surface area contributed by atoms with Crippen LogP contribution in [-0.4, -0.2) is 5.71 Å². The maximum absolute atomic E-state index is 4.63. The van der Waals surface area contributed by atoms with Gasteiger partial charge in [-0.25, -0.2) is 0 Å². The third kappa shape index (κ3) is 2.82. The summed E-state index contributed by atoms with van der Waals surface area (Å²) in [4.78, 5) is 4.63. The van der Waals surface area contributed by atoms with Crippen molar-refractivity contribution >= 4 is 17.0 Å². The standard InChI is InChI=1S/C20H21N/c1-13-5-7-17(8-6-13)14(2)9-18-12-20-19(10-15(18)3)11-16(4)21-20/h5-8,10,12H,2,9,11H2,1,3-4H3. The highest BCUT2D eigenvalue weighted by Crippen LogP contribution is 2.31. The van der Waals surface area contributed by atoms with E-state index < -0.39 is 0 Å². The Morgan fingerprint density at radius 3 is 2.52 bits per heavy atom. The zero-order valence-corrected chi connectivity index (χ0v) is 13.0. The van der Waals surface area contributed by atoms with Crippen molar-refractivity contribution in [3.8, 4) is 0 Å². The van der Waals surface area contributed by atoms with E-state index in [4.69, 9.17) is 0 Å².